The van der Waals surface area contributed by atoms with Gasteiger partial charge >= 0.3 is 6.03 Å². The van der Waals surface area contributed by atoms with Crippen LogP contribution >= 0.6 is 0 Å². The van der Waals surface area contributed by atoms with Gasteiger partial charge in [-0.3, -0.25) is 10.1 Å². The minimum Gasteiger partial charge on any atom is -0.380 e. The van der Waals surface area contributed by atoms with Crippen LogP contribution in [0.1, 0.15) is 19.8 Å². The summed E-state index contributed by atoms with van der Waals surface area (Å²) in [6, 6.07) is -0.693. The van der Waals surface area contributed by atoms with E-state index in [-0.39, 0.29) is 11.9 Å². The molecule has 6 heteroatoms. The van der Waals surface area contributed by atoms with Gasteiger partial charge in [0.05, 0.1) is 12.6 Å². The molecule has 6 nitrogen and oxygen atoms in total. The fourth-order valence-electron chi connectivity index (χ4n) is 1.58. The van der Waals surface area contributed by atoms with Crippen molar-refractivity contribution in [1.29, 1.82) is 0 Å². The Hall–Kier alpha value is -1.14. The number of rotatable bonds is 3. The Morgan fingerprint density at radius 1 is 1.44 bits per heavy atom. The van der Waals surface area contributed by atoms with Crippen molar-refractivity contribution in [2.24, 2.45) is 0 Å². The van der Waals surface area contributed by atoms with Crippen LogP contribution in [0.3, 0.4) is 0 Å². The third kappa shape index (κ3) is 4.16. The van der Waals surface area contributed by atoms with E-state index < -0.39 is 12.1 Å². The Labute approximate surface area is 95.1 Å². The molecule has 1 heterocycles. The van der Waals surface area contributed by atoms with Gasteiger partial charge in [-0.15, -0.1) is 0 Å². The molecule has 1 fully saturated rings. The Morgan fingerprint density at radius 2 is 2.19 bits per heavy atom. The molecule has 0 aliphatic carbocycles. The molecule has 0 aromatic carbocycles. The van der Waals surface area contributed by atoms with Crippen molar-refractivity contribution in [3.05, 3.63) is 0 Å². The molecule has 1 rings (SSSR count). The number of ether oxygens (including phenoxy) is 1. The summed E-state index contributed by atoms with van der Waals surface area (Å²) in [5.41, 5.74) is 0. The van der Waals surface area contributed by atoms with Gasteiger partial charge in [0.1, 0.15) is 0 Å². The van der Waals surface area contributed by atoms with Gasteiger partial charge in [-0.05, 0) is 19.8 Å². The summed E-state index contributed by atoms with van der Waals surface area (Å²) in [5, 5.41) is 7.69. The van der Waals surface area contributed by atoms with Crippen molar-refractivity contribution in [3.63, 3.8) is 0 Å². The van der Waals surface area contributed by atoms with Gasteiger partial charge < -0.3 is 15.4 Å². The molecule has 2 unspecified atom stereocenters. The fraction of sp³-hybridized carbons (Fsp3) is 0.800. The van der Waals surface area contributed by atoms with E-state index in [1.807, 2.05) is 0 Å². The van der Waals surface area contributed by atoms with Crippen molar-refractivity contribution in [2.45, 2.75) is 31.8 Å². The van der Waals surface area contributed by atoms with Crippen molar-refractivity contribution in [1.82, 2.24) is 16.0 Å². The highest BCUT2D eigenvalue weighted by Crippen LogP contribution is 2.06. The summed E-state index contributed by atoms with van der Waals surface area (Å²) in [4.78, 5) is 22.4. The molecule has 16 heavy (non-hydrogen) atoms. The minimum absolute atomic E-state index is 0.194. The standard InChI is InChI=1S/C10H19N3O3/c1-7(9(14)13-10(15)11-2)12-8-4-3-5-16-6-8/h7-8,12H,3-6H2,1-2H3,(H2,11,13,14,15). The number of hydrogen-bond donors (Lipinski definition) is 3. The molecule has 0 bridgehead atoms. The first-order valence-corrected chi connectivity index (χ1v) is 5.50. The third-order valence-electron chi connectivity index (χ3n) is 2.50. The molecule has 1 saturated heterocycles. The van der Waals surface area contributed by atoms with Crippen LogP contribution in [0, 0.1) is 0 Å². The molecule has 0 saturated carbocycles. The number of imide groups is 1. The lowest BCUT2D eigenvalue weighted by molar-refractivity contribution is -0.122. The van der Waals surface area contributed by atoms with E-state index in [1.165, 1.54) is 7.05 Å². The predicted molar refractivity (Wildman–Crippen MR) is 59.0 cm³/mol. The summed E-state index contributed by atoms with van der Waals surface area (Å²) >= 11 is 0. The molecule has 1 aliphatic rings. The van der Waals surface area contributed by atoms with Gasteiger partial charge in [0.2, 0.25) is 5.91 Å². The zero-order chi connectivity index (χ0) is 12.0. The predicted octanol–water partition coefficient (Wildman–Crippen LogP) is -0.401. The summed E-state index contributed by atoms with van der Waals surface area (Å²) in [6.07, 6.45) is 2.00. The maximum Gasteiger partial charge on any atom is 0.321 e. The number of carbonyl (C=O) groups is 2. The topological polar surface area (TPSA) is 79.5 Å². The second-order valence-corrected chi connectivity index (χ2v) is 3.87. The lowest BCUT2D eigenvalue weighted by Crippen LogP contribution is -2.51. The minimum atomic E-state index is -0.487. The van der Waals surface area contributed by atoms with E-state index in [0.29, 0.717) is 6.61 Å². The summed E-state index contributed by atoms with van der Waals surface area (Å²) in [5.74, 6) is -0.329. The zero-order valence-electron chi connectivity index (χ0n) is 9.71. The number of hydrogen-bond acceptors (Lipinski definition) is 4. The SMILES string of the molecule is CNC(=O)NC(=O)C(C)NC1CCCOC1. The second kappa shape index (κ2) is 6.44. The zero-order valence-corrected chi connectivity index (χ0v) is 9.71. The van der Waals surface area contributed by atoms with Crippen LogP contribution < -0.4 is 16.0 Å². The quantitative estimate of drug-likeness (QED) is 0.615. The molecule has 3 N–H and O–H groups in total. The van der Waals surface area contributed by atoms with E-state index in [4.69, 9.17) is 4.74 Å². The molecule has 0 radical (unpaired) electrons. The van der Waals surface area contributed by atoms with Crippen molar-refractivity contribution in [2.75, 3.05) is 20.3 Å². The van der Waals surface area contributed by atoms with Crippen molar-refractivity contribution < 1.29 is 14.3 Å². The average Bonchev–Trinajstić information content (AvgIpc) is 2.30. The third-order valence-corrected chi connectivity index (χ3v) is 2.50. The number of urea groups is 1. The Bertz CT molecular complexity index is 252. The fourth-order valence-corrected chi connectivity index (χ4v) is 1.58. The molecule has 0 aromatic heterocycles. The number of carbonyl (C=O) groups excluding carboxylic acids is 2. The van der Waals surface area contributed by atoms with Crippen molar-refractivity contribution >= 4 is 11.9 Å². The van der Waals surface area contributed by atoms with Gasteiger partial charge in [0.15, 0.2) is 0 Å². The first-order valence-electron chi connectivity index (χ1n) is 5.50. The van der Waals surface area contributed by atoms with Crippen LogP contribution in [-0.4, -0.2) is 44.3 Å². The van der Waals surface area contributed by atoms with Gasteiger partial charge in [-0.2, -0.15) is 0 Å². The molecule has 0 spiro atoms. The first kappa shape index (κ1) is 12.9. The molecular weight excluding hydrogens is 210 g/mol. The highest BCUT2D eigenvalue weighted by atomic mass is 16.5. The van der Waals surface area contributed by atoms with Gasteiger partial charge in [0.25, 0.3) is 0 Å². The van der Waals surface area contributed by atoms with E-state index in [9.17, 15) is 9.59 Å². The largest absolute Gasteiger partial charge is 0.380 e. The summed E-state index contributed by atoms with van der Waals surface area (Å²) in [6.45, 7) is 3.14. The highest BCUT2D eigenvalue weighted by molar-refractivity contribution is 5.96. The van der Waals surface area contributed by atoms with Gasteiger partial charge in [-0.1, -0.05) is 0 Å². The summed E-state index contributed by atoms with van der Waals surface area (Å²) < 4.78 is 5.29. The van der Waals surface area contributed by atoms with E-state index in [0.717, 1.165) is 19.4 Å². The Kier molecular flexibility index (Phi) is 5.21. The van der Waals surface area contributed by atoms with Crippen LogP contribution in [0.4, 0.5) is 4.79 Å². The van der Waals surface area contributed by atoms with Crippen LogP contribution in [0.15, 0.2) is 0 Å². The van der Waals surface area contributed by atoms with E-state index in [1.54, 1.807) is 6.92 Å². The van der Waals surface area contributed by atoms with Crippen molar-refractivity contribution in [3.8, 4) is 0 Å². The van der Waals surface area contributed by atoms with Gasteiger partial charge in [0, 0.05) is 19.7 Å². The van der Waals surface area contributed by atoms with Crippen LogP contribution in [0.25, 0.3) is 0 Å². The lowest BCUT2D eigenvalue weighted by atomic mass is 10.1. The molecule has 0 aromatic rings. The Morgan fingerprint density at radius 3 is 2.75 bits per heavy atom. The first-order chi connectivity index (χ1) is 7.63. The molecule has 1 aliphatic heterocycles. The molecular formula is C10H19N3O3. The lowest BCUT2D eigenvalue weighted by Gasteiger charge is -2.26. The molecule has 3 amide bonds. The van der Waals surface area contributed by atoms with Crippen LogP contribution in [-0.2, 0) is 9.53 Å². The van der Waals surface area contributed by atoms with Crippen LogP contribution in [0.2, 0.25) is 0 Å². The molecule has 2 atom stereocenters. The number of amides is 3. The molecule has 92 valence electrons. The normalized spacial score (nSPS) is 22.2. The maximum absolute atomic E-state index is 11.5. The number of nitrogens with one attached hydrogen (secondary N) is 3. The smallest absolute Gasteiger partial charge is 0.321 e. The summed E-state index contributed by atoms with van der Waals surface area (Å²) in [7, 11) is 1.47. The van der Waals surface area contributed by atoms with Gasteiger partial charge in [-0.25, -0.2) is 4.79 Å². The van der Waals surface area contributed by atoms with E-state index >= 15 is 0 Å². The monoisotopic (exact) mass is 229 g/mol. The average molecular weight is 229 g/mol. The Balaban J connectivity index is 2.29. The van der Waals surface area contributed by atoms with E-state index in [2.05, 4.69) is 16.0 Å². The highest BCUT2D eigenvalue weighted by Gasteiger charge is 2.20. The second-order valence-electron chi connectivity index (χ2n) is 3.87. The maximum atomic E-state index is 11.5. The van der Waals surface area contributed by atoms with Crippen LogP contribution in [0.5, 0.6) is 0 Å².